The van der Waals surface area contributed by atoms with Crippen molar-refractivity contribution in [3.05, 3.63) is 75.7 Å². The van der Waals surface area contributed by atoms with Crippen molar-refractivity contribution < 1.29 is 18.0 Å². The highest BCUT2D eigenvalue weighted by molar-refractivity contribution is 6.33. The molecule has 8 heteroatoms. The number of hydrogen-bond acceptors (Lipinski definition) is 2. The number of rotatable bonds is 3. The summed E-state index contributed by atoms with van der Waals surface area (Å²) in [7, 11) is 0. The highest BCUT2D eigenvalue weighted by Crippen LogP contribution is 2.33. The van der Waals surface area contributed by atoms with Crippen molar-refractivity contribution in [3.8, 4) is 0 Å². The standard InChI is InChI=1S/C18H12ClF3N2O2/c19-14-6-5-12(18(20,21)22)9-15(14)23-16(25)10-24-8-7-11-3-1-2-4-13(11)17(24)26/h1-9H,10H2,(H,23,25). The molecule has 0 atom stereocenters. The third kappa shape index (κ3) is 3.72. The molecule has 1 amide bonds. The van der Waals surface area contributed by atoms with Gasteiger partial charge in [-0.3, -0.25) is 9.59 Å². The van der Waals surface area contributed by atoms with Crippen LogP contribution in [0.4, 0.5) is 18.9 Å². The lowest BCUT2D eigenvalue weighted by atomic mass is 10.2. The Morgan fingerprint density at radius 3 is 2.58 bits per heavy atom. The normalized spacial score (nSPS) is 11.5. The maximum absolute atomic E-state index is 12.8. The first kappa shape index (κ1) is 18.0. The molecule has 0 bridgehead atoms. The number of nitrogens with one attached hydrogen (secondary N) is 1. The lowest BCUT2D eigenvalue weighted by Gasteiger charge is -2.12. The van der Waals surface area contributed by atoms with Gasteiger partial charge in [-0.1, -0.05) is 29.8 Å². The van der Waals surface area contributed by atoms with Crippen molar-refractivity contribution in [1.82, 2.24) is 4.57 Å². The third-order valence-electron chi connectivity index (χ3n) is 3.77. The van der Waals surface area contributed by atoms with Gasteiger partial charge < -0.3 is 9.88 Å². The summed E-state index contributed by atoms with van der Waals surface area (Å²) in [5.41, 5.74) is -1.46. The van der Waals surface area contributed by atoms with Crippen molar-refractivity contribution in [2.45, 2.75) is 12.7 Å². The van der Waals surface area contributed by atoms with Gasteiger partial charge in [0.1, 0.15) is 6.54 Å². The van der Waals surface area contributed by atoms with Gasteiger partial charge in [0.2, 0.25) is 5.91 Å². The van der Waals surface area contributed by atoms with E-state index >= 15 is 0 Å². The molecule has 3 rings (SSSR count). The van der Waals surface area contributed by atoms with E-state index in [9.17, 15) is 22.8 Å². The van der Waals surface area contributed by atoms with Crippen LogP contribution in [0.2, 0.25) is 5.02 Å². The number of benzene rings is 2. The number of aromatic nitrogens is 1. The van der Waals surface area contributed by atoms with Gasteiger partial charge in [0.25, 0.3) is 5.56 Å². The molecule has 0 saturated heterocycles. The summed E-state index contributed by atoms with van der Waals surface area (Å²) >= 11 is 5.85. The Morgan fingerprint density at radius 1 is 1.12 bits per heavy atom. The Labute approximate surface area is 150 Å². The minimum absolute atomic E-state index is 0.0304. The fourth-order valence-corrected chi connectivity index (χ4v) is 2.66. The molecule has 0 aliphatic carbocycles. The molecule has 0 spiro atoms. The molecular weight excluding hydrogens is 369 g/mol. The monoisotopic (exact) mass is 380 g/mol. The van der Waals surface area contributed by atoms with Gasteiger partial charge in [-0.15, -0.1) is 0 Å². The van der Waals surface area contributed by atoms with E-state index in [1.807, 2.05) is 0 Å². The summed E-state index contributed by atoms with van der Waals surface area (Å²) in [5, 5.41) is 3.46. The molecule has 3 aromatic rings. The molecule has 0 aliphatic rings. The Kier molecular flexibility index (Phi) is 4.73. The van der Waals surface area contributed by atoms with Gasteiger partial charge in [-0.25, -0.2) is 0 Å². The first-order chi connectivity index (χ1) is 12.3. The zero-order chi connectivity index (χ0) is 18.9. The van der Waals surface area contributed by atoms with Crippen molar-refractivity contribution in [1.29, 1.82) is 0 Å². The second-order valence-electron chi connectivity index (χ2n) is 5.58. The largest absolute Gasteiger partial charge is 0.416 e. The van der Waals surface area contributed by atoms with Gasteiger partial charge in [0.15, 0.2) is 0 Å². The molecule has 0 aliphatic heterocycles. The average Bonchev–Trinajstić information content (AvgIpc) is 2.58. The van der Waals surface area contributed by atoms with Crippen molar-refractivity contribution in [3.63, 3.8) is 0 Å². The van der Waals surface area contributed by atoms with E-state index in [1.54, 1.807) is 30.3 Å². The Morgan fingerprint density at radius 2 is 1.85 bits per heavy atom. The molecule has 0 saturated carbocycles. The molecule has 26 heavy (non-hydrogen) atoms. The number of halogens is 4. The Balaban J connectivity index is 1.84. The minimum Gasteiger partial charge on any atom is -0.323 e. The summed E-state index contributed by atoms with van der Waals surface area (Å²) in [6.07, 6.45) is -3.10. The maximum atomic E-state index is 12.8. The number of anilines is 1. The number of alkyl halides is 3. The minimum atomic E-state index is -4.56. The molecule has 1 heterocycles. The van der Waals surface area contributed by atoms with Crippen LogP contribution in [-0.2, 0) is 17.5 Å². The fourth-order valence-electron chi connectivity index (χ4n) is 2.50. The van der Waals surface area contributed by atoms with Gasteiger partial charge in [-0.05, 0) is 35.7 Å². The topological polar surface area (TPSA) is 51.1 Å². The van der Waals surface area contributed by atoms with E-state index in [2.05, 4.69) is 5.32 Å². The highest BCUT2D eigenvalue weighted by Gasteiger charge is 2.31. The molecular formula is C18H12ClF3N2O2. The SMILES string of the molecule is O=C(Cn1ccc2ccccc2c1=O)Nc1cc(C(F)(F)F)ccc1Cl. The lowest BCUT2D eigenvalue weighted by molar-refractivity contribution is -0.137. The number of fused-ring (bicyclic) bond motifs is 1. The van der Waals surface area contributed by atoms with Crippen molar-refractivity contribution in [2.24, 2.45) is 0 Å². The van der Waals surface area contributed by atoms with Crippen LogP contribution in [0.15, 0.2) is 59.5 Å². The van der Waals surface area contributed by atoms with Crippen molar-refractivity contribution >= 4 is 34.0 Å². The van der Waals surface area contributed by atoms with Crippen LogP contribution in [0.25, 0.3) is 10.8 Å². The van der Waals surface area contributed by atoms with E-state index in [1.165, 1.54) is 10.8 Å². The van der Waals surface area contributed by atoms with Gasteiger partial charge in [0, 0.05) is 11.6 Å². The molecule has 4 nitrogen and oxygen atoms in total. The zero-order valence-electron chi connectivity index (χ0n) is 13.2. The van der Waals surface area contributed by atoms with Crippen LogP contribution in [0.1, 0.15) is 5.56 Å². The molecule has 0 unspecified atom stereocenters. The summed E-state index contributed by atoms with van der Waals surface area (Å²) in [6.45, 7) is -0.351. The van der Waals surface area contributed by atoms with Crippen LogP contribution in [0, 0.1) is 0 Å². The summed E-state index contributed by atoms with van der Waals surface area (Å²) in [4.78, 5) is 24.5. The third-order valence-corrected chi connectivity index (χ3v) is 4.10. The second-order valence-corrected chi connectivity index (χ2v) is 5.98. The van der Waals surface area contributed by atoms with E-state index in [0.717, 1.165) is 23.6 Å². The number of nitrogens with zero attached hydrogens (tertiary/aromatic N) is 1. The van der Waals surface area contributed by atoms with Crippen LogP contribution < -0.4 is 10.9 Å². The van der Waals surface area contributed by atoms with E-state index < -0.39 is 17.6 Å². The second kappa shape index (κ2) is 6.84. The van der Waals surface area contributed by atoms with Gasteiger partial charge in [-0.2, -0.15) is 13.2 Å². The predicted octanol–water partition coefficient (Wildman–Crippen LogP) is 4.31. The molecule has 134 valence electrons. The predicted molar refractivity (Wildman–Crippen MR) is 93.3 cm³/mol. The summed E-state index contributed by atoms with van der Waals surface area (Å²) in [6, 6.07) is 11.2. The molecule has 0 fully saturated rings. The number of carbonyl (C=O) groups excluding carboxylic acids is 1. The Hall–Kier alpha value is -2.80. The maximum Gasteiger partial charge on any atom is 0.416 e. The zero-order valence-corrected chi connectivity index (χ0v) is 13.9. The van der Waals surface area contributed by atoms with Gasteiger partial charge in [0.05, 0.1) is 16.3 Å². The molecule has 1 N–H and O–H groups in total. The van der Waals surface area contributed by atoms with Crippen LogP contribution in [-0.4, -0.2) is 10.5 Å². The first-order valence-electron chi connectivity index (χ1n) is 7.50. The summed E-state index contributed by atoms with van der Waals surface area (Å²) in [5.74, 6) is -0.663. The smallest absolute Gasteiger partial charge is 0.323 e. The van der Waals surface area contributed by atoms with E-state index in [0.29, 0.717) is 5.39 Å². The quantitative estimate of drug-likeness (QED) is 0.736. The fraction of sp³-hybridized carbons (Fsp3) is 0.111. The molecule has 1 aromatic heterocycles. The highest BCUT2D eigenvalue weighted by atomic mass is 35.5. The molecule has 2 aromatic carbocycles. The first-order valence-corrected chi connectivity index (χ1v) is 7.88. The average molecular weight is 381 g/mol. The lowest BCUT2D eigenvalue weighted by Crippen LogP contribution is -2.27. The number of hydrogen-bond donors (Lipinski definition) is 1. The summed E-state index contributed by atoms with van der Waals surface area (Å²) < 4.78 is 39.5. The van der Waals surface area contributed by atoms with Crippen LogP contribution >= 0.6 is 11.6 Å². The van der Waals surface area contributed by atoms with E-state index in [4.69, 9.17) is 11.6 Å². The Bertz CT molecular complexity index is 1040. The van der Waals surface area contributed by atoms with Gasteiger partial charge >= 0.3 is 6.18 Å². The van der Waals surface area contributed by atoms with Crippen LogP contribution in [0.5, 0.6) is 0 Å². The van der Waals surface area contributed by atoms with Crippen molar-refractivity contribution in [2.75, 3.05) is 5.32 Å². The number of pyridine rings is 1. The molecule has 0 radical (unpaired) electrons. The van der Waals surface area contributed by atoms with E-state index in [-0.39, 0.29) is 22.8 Å². The van der Waals surface area contributed by atoms with Crippen LogP contribution in [0.3, 0.4) is 0 Å². The number of carbonyl (C=O) groups is 1. The number of amides is 1.